The molecule has 22 aliphatic heterocycles. The lowest BCUT2D eigenvalue weighted by molar-refractivity contribution is -0.404. The van der Waals surface area contributed by atoms with Crippen LogP contribution in [0.3, 0.4) is 0 Å². The van der Waals surface area contributed by atoms with Crippen molar-refractivity contribution >= 4 is 16.3 Å². The normalized spacial score (nSPS) is 51.6. The van der Waals surface area contributed by atoms with Crippen molar-refractivity contribution in [3.8, 4) is 0 Å². The molecule has 12 bridgehead atoms. The number of ether oxygens (including phenoxy) is 14. The van der Waals surface area contributed by atoms with Gasteiger partial charge in [-0.3, -0.25) is 0 Å². The fraction of sp³-hybridized carbons (Fsp3) is 0.975. The summed E-state index contributed by atoms with van der Waals surface area (Å²) in [4.78, 5) is 0. The highest BCUT2D eigenvalue weighted by Gasteiger charge is 2.59. The summed E-state index contributed by atoms with van der Waals surface area (Å²) in [6, 6.07) is 0. The summed E-state index contributed by atoms with van der Waals surface area (Å²) < 4.78 is 93.4. The molecule has 22 aliphatic rings. The van der Waals surface area contributed by atoms with Crippen molar-refractivity contribution < 1.29 is 152 Å². The number of aliphatic hydroxyl groups excluding tert-OH is 16. The highest BCUT2D eigenvalue weighted by molar-refractivity contribution is 7.66. The molecule has 22 rings (SSSR count). The molecule has 22 fully saturated rings. The first kappa shape index (κ1) is 58.4. The molecule has 0 aliphatic carbocycles. The molecule has 0 spiro atoms. The molecule has 0 radical (unpaired) electrons. The van der Waals surface area contributed by atoms with Crippen molar-refractivity contribution in [3.63, 3.8) is 0 Å². The molecule has 72 heavy (non-hydrogen) atoms. The van der Waals surface area contributed by atoms with Gasteiger partial charge in [-0.05, 0) is 13.8 Å². The molecule has 22 saturated heterocycles. The van der Waals surface area contributed by atoms with Crippen LogP contribution in [0, 0.1) is 0 Å². The van der Waals surface area contributed by atoms with E-state index in [-0.39, 0.29) is 22.9 Å². The standard InChI is InChI=1S/C40H66O31S/c1-3-58-33-25(55)39-64-15(8-45)31(33)70-40-26(56)34(59-10(2)72-57)32(16(9-46)65-40)71-38-24(54)20(50)29(13(6-43)63-38)68-36-22(52)18(48)27(11(4-41)61-36)66-35-21(51)17(47)28(12(5-42)60-35)67-37-23(53)19(49)30(69-39)14(7-44)62-37/h11-56H,3-9H2,1-2H3/t11-,12-,13-,14-,15-,16-,17-,18-,19-,20-,21-,22-,23-,24-,25-,26-,27-,28-,29-,30-,31+,32+,33-,34-,35-,36-,37-,38-,39-,40-/m1/s1. The zero-order valence-corrected chi connectivity index (χ0v) is 39.3. The van der Waals surface area contributed by atoms with Crippen LogP contribution in [-0.2, 0) is 77.6 Å². The Morgan fingerprint density at radius 3 is 0.861 bits per heavy atom. The minimum Gasteiger partial charge on any atom is -0.394 e. The van der Waals surface area contributed by atoms with Gasteiger partial charge in [-0.25, -0.2) is 4.21 Å². The van der Waals surface area contributed by atoms with Crippen LogP contribution in [-0.4, -0.2) is 321 Å². The molecule has 0 saturated carbocycles. The summed E-state index contributed by atoms with van der Waals surface area (Å²) in [6.07, 6.45) is -56.6. The highest BCUT2D eigenvalue weighted by atomic mass is 32.1. The van der Waals surface area contributed by atoms with Gasteiger partial charge in [0.25, 0.3) is 0 Å². The molecule has 16 N–H and O–H groups in total. The van der Waals surface area contributed by atoms with Crippen molar-refractivity contribution in [2.75, 3.05) is 46.2 Å². The number of hydrogen-bond acceptors (Lipinski definition) is 31. The second-order valence-corrected chi connectivity index (χ2v) is 18.7. The van der Waals surface area contributed by atoms with E-state index in [0.29, 0.717) is 0 Å². The van der Waals surface area contributed by atoms with Crippen molar-refractivity contribution in [2.45, 2.75) is 198 Å². The first-order valence-electron chi connectivity index (χ1n) is 23.1. The lowest BCUT2D eigenvalue weighted by Crippen LogP contribution is -2.69. The van der Waals surface area contributed by atoms with E-state index in [1.165, 1.54) is 13.8 Å². The van der Waals surface area contributed by atoms with E-state index in [0.717, 1.165) is 0 Å². The summed E-state index contributed by atoms with van der Waals surface area (Å²) >= 11 is -0.154. The van der Waals surface area contributed by atoms with Gasteiger partial charge in [0.2, 0.25) is 0 Å². The summed E-state index contributed by atoms with van der Waals surface area (Å²) in [5, 5.41) is 177. The van der Waals surface area contributed by atoms with Crippen molar-refractivity contribution in [1.29, 1.82) is 0 Å². The third-order valence-electron chi connectivity index (χ3n) is 13.4. The molecular weight excluding hydrogens is 1010 g/mol. The summed E-state index contributed by atoms with van der Waals surface area (Å²) in [7, 11) is 0. The van der Waals surface area contributed by atoms with Gasteiger partial charge in [-0.2, -0.15) is 0 Å². The third kappa shape index (κ3) is 11.7. The molecule has 0 amide bonds. The Morgan fingerprint density at radius 2 is 0.597 bits per heavy atom. The van der Waals surface area contributed by atoms with Crippen LogP contribution in [0.4, 0.5) is 0 Å². The Bertz CT molecular complexity index is 1750. The van der Waals surface area contributed by atoms with Gasteiger partial charge in [0.05, 0.1) is 39.6 Å². The van der Waals surface area contributed by atoms with Gasteiger partial charge in [-0.15, -0.1) is 0 Å². The second kappa shape index (κ2) is 25.4. The third-order valence-corrected chi connectivity index (χ3v) is 13.7. The summed E-state index contributed by atoms with van der Waals surface area (Å²) in [6.45, 7) is -3.30. The van der Waals surface area contributed by atoms with E-state index in [1.54, 1.807) is 0 Å². The van der Waals surface area contributed by atoms with E-state index in [2.05, 4.69) is 0 Å². The van der Waals surface area contributed by atoms with Gasteiger partial charge < -0.3 is 148 Å². The van der Waals surface area contributed by atoms with Crippen molar-refractivity contribution in [2.24, 2.45) is 0 Å². The zero-order chi connectivity index (χ0) is 52.5. The maximum absolute atomic E-state index is 11.9. The quantitative estimate of drug-likeness (QED) is 0.0954. The van der Waals surface area contributed by atoms with Crippen LogP contribution in [0.15, 0.2) is 0 Å². The lowest BCUT2D eigenvalue weighted by atomic mass is 9.94. The summed E-state index contributed by atoms with van der Waals surface area (Å²) in [5.41, 5.74) is 0. The average molecular weight is 1080 g/mol. The van der Waals surface area contributed by atoms with Crippen molar-refractivity contribution in [3.05, 3.63) is 0 Å². The zero-order valence-electron chi connectivity index (χ0n) is 38.5. The molecule has 418 valence electrons. The topological polar surface area (TPSA) is 470 Å². The molecule has 0 unspecified atom stereocenters. The molecular formula is C40H66O31S. The van der Waals surface area contributed by atoms with Gasteiger partial charge in [0.1, 0.15) is 163 Å². The summed E-state index contributed by atoms with van der Waals surface area (Å²) in [5.74, 6) is 0. The Hall–Kier alpha value is -1.31. The molecule has 31 nitrogen and oxygen atoms in total. The Morgan fingerprint density at radius 1 is 0.361 bits per heavy atom. The van der Waals surface area contributed by atoms with Gasteiger partial charge in [0, 0.05) is 6.61 Å². The highest BCUT2D eigenvalue weighted by Crippen LogP contribution is 2.39. The maximum atomic E-state index is 11.9. The van der Waals surface area contributed by atoms with Gasteiger partial charge >= 0.3 is 0 Å². The first-order valence-corrected chi connectivity index (χ1v) is 23.9. The lowest BCUT2D eigenvalue weighted by Gasteiger charge is -2.51. The molecule has 32 heteroatoms. The molecule has 30 atom stereocenters. The minimum atomic E-state index is -2.16. The van der Waals surface area contributed by atoms with Crippen LogP contribution in [0.1, 0.15) is 13.8 Å². The SMILES string of the molecule is CCO[C@@H]1[C@@H](O)[C@H]2O[C@H]3[C@H](O)[C@@H](O)[C@@H](O[C@H]4[C@H](O)[C@@H](O)[C@@H](O[C@H]5[C@H](O)[C@@H](O)[C@@H](O[C@H]6[C@H](O)[C@@H](O)[C@@H](O[C@@H]7[C@H](OC(C)=S=O)[C@@H](O)[C@@H](O[C@H]1[C@@H](CO)O2)O[C@@H]7CO)O[C@@H]6CO)O[C@@H]5CO)O[C@@H]4CO)O[C@@H]3CO. The molecule has 0 aromatic heterocycles. The smallest absolute Gasteiger partial charge is 0.187 e. The van der Waals surface area contributed by atoms with Crippen LogP contribution < -0.4 is 0 Å². The number of hydrogen-bond donors (Lipinski definition) is 16. The fourth-order valence-corrected chi connectivity index (χ4v) is 9.78. The van der Waals surface area contributed by atoms with E-state index in [9.17, 15) is 85.9 Å². The van der Waals surface area contributed by atoms with Crippen LogP contribution in [0.2, 0.25) is 0 Å². The van der Waals surface area contributed by atoms with E-state index in [1.807, 2.05) is 0 Å². The van der Waals surface area contributed by atoms with Crippen molar-refractivity contribution in [1.82, 2.24) is 0 Å². The molecule has 22 heterocycles. The van der Waals surface area contributed by atoms with Gasteiger partial charge in [-0.1, -0.05) is 0 Å². The average Bonchev–Trinajstić information content (AvgIpc) is 3.37. The Kier molecular flexibility index (Phi) is 20.6. The van der Waals surface area contributed by atoms with E-state index < -0.39 is 224 Å². The monoisotopic (exact) mass is 1070 g/mol. The van der Waals surface area contributed by atoms with E-state index in [4.69, 9.17) is 66.3 Å². The predicted molar refractivity (Wildman–Crippen MR) is 223 cm³/mol. The fourth-order valence-electron chi connectivity index (χ4n) is 9.63. The minimum absolute atomic E-state index is 0.147. The maximum Gasteiger partial charge on any atom is 0.187 e. The molecule has 0 aromatic carbocycles. The molecule has 0 aromatic rings. The Labute approximate surface area is 412 Å². The largest absolute Gasteiger partial charge is 0.394 e. The number of aliphatic hydroxyl groups is 16. The van der Waals surface area contributed by atoms with Crippen LogP contribution in [0.25, 0.3) is 0 Å². The van der Waals surface area contributed by atoms with Crippen LogP contribution in [0.5, 0.6) is 0 Å². The number of rotatable bonds is 9. The van der Waals surface area contributed by atoms with E-state index >= 15 is 0 Å². The predicted octanol–water partition coefficient (Wildman–Crippen LogP) is -11.6. The first-order chi connectivity index (χ1) is 34.4. The second-order valence-electron chi connectivity index (χ2n) is 17.9. The van der Waals surface area contributed by atoms with Crippen LogP contribution >= 0.6 is 0 Å². The van der Waals surface area contributed by atoms with Gasteiger partial charge in [0.15, 0.2) is 37.7 Å². The Balaban J connectivity index is 1.24.